The van der Waals surface area contributed by atoms with Crippen LogP contribution in [0.25, 0.3) is 0 Å². The van der Waals surface area contributed by atoms with Crippen molar-refractivity contribution in [2.45, 2.75) is 33.1 Å². The Bertz CT molecular complexity index is 311. The van der Waals surface area contributed by atoms with Crippen LogP contribution in [-0.4, -0.2) is 9.97 Å². The molecule has 1 heterocycles. The highest BCUT2D eigenvalue weighted by atomic mass is 35.5. The molecule has 1 aromatic rings. The highest BCUT2D eigenvalue weighted by molar-refractivity contribution is 6.32. The van der Waals surface area contributed by atoms with E-state index in [0.29, 0.717) is 11.1 Å². The van der Waals surface area contributed by atoms with Gasteiger partial charge in [-0.25, -0.2) is 9.97 Å². The van der Waals surface area contributed by atoms with Gasteiger partial charge in [0.05, 0.1) is 5.69 Å². The van der Waals surface area contributed by atoms with Gasteiger partial charge in [0.15, 0.2) is 0 Å². The maximum Gasteiger partial charge on any atom is 0.224 e. The first-order valence-corrected chi connectivity index (χ1v) is 5.03. The Morgan fingerprint density at radius 2 is 1.85 bits per heavy atom. The van der Waals surface area contributed by atoms with Gasteiger partial charge in [-0.05, 0) is 23.9 Å². The molecule has 1 aromatic heterocycles. The zero-order chi connectivity index (χ0) is 10.0. The van der Waals surface area contributed by atoms with Crippen molar-refractivity contribution in [3.05, 3.63) is 21.7 Å². The third kappa shape index (κ3) is 2.32. The Balaban J connectivity index is 3.30. The van der Waals surface area contributed by atoms with Crippen LogP contribution in [0.15, 0.2) is 0 Å². The lowest BCUT2D eigenvalue weighted by atomic mass is 10.0. The van der Waals surface area contributed by atoms with Crippen molar-refractivity contribution in [1.29, 1.82) is 0 Å². The van der Waals surface area contributed by atoms with E-state index in [9.17, 15) is 0 Å². The standard InChI is InChI=1S/C9H12Cl2N2/c1-4-6-7(5(2)3)8(10)13-9(11)12-6/h5H,4H2,1-3H3. The molecule has 0 aliphatic heterocycles. The lowest BCUT2D eigenvalue weighted by Crippen LogP contribution is -2.02. The summed E-state index contributed by atoms with van der Waals surface area (Å²) in [7, 11) is 0. The van der Waals surface area contributed by atoms with Crippen LogP contribution in [-0.2, 0) is 6.42 Å². The smallest absolute Gasteiger partial charge is 0.223 e. The minimum Gasteiger partial charge on any atom is -0.223 e. The predicted molar refractivity (Wildman–Crippen MR) is 55.5 cm³/mol. The molecule has 13 heavy (non-hydrogen) atoms. The first kappa shape index (κ1) is 10.7. The van der Waals surface area contributed by atoms with Crippen LogP contribution in [0.5, 0.6) is 0 Å². The second kappa shape index (κ2) is 4.25. The topological polar surface area (TPSA) is 25.8 Å². The molecule has 0 aliphatic rings. The van der Waals surface area contributed by atoms with E-state index in [-0.39, 0.29) is 5.28 Å². The van der Waals surface area contributed by atoms with E-state index in [1.165, 1.54) is 0 Å². The first-order valence-electron chi connectivity index (χ1n) is 4.28. The normalized spacial score (nSPS) is 10.9. The molecule has 0 saturated heterocycles. The number of aromatic nitrogens is 2. The summed E-state index contributed by atoms with van der Waals surface area (Å²) in [5.41, 5.74) is 1.95. The largest absolute Gasteiger partial charge is 0.224 e. The Labute approximate surface area is 88.3 Å². The molecule has 1 rings (SSSR count). The van der Waals surface area contributed by atoms with Crippen LogP contribution in [0.1, 0.15) is 37.9 Å². The summed E-state index contributed by atoms with van der Waals surface area (Å²) in [5.74, 6) is 0.333. The van der Waals surface area contributed by atoms with Crippen LogP contribution in [0.2, 0.25) is 10.4 Å². The molecule has 0 unspecified atom stereocenters. The molecule has 72 valence electrons. The zero-order valence-electron chi connectivity index (χ0n) is 7.93. The fourth-order valence-corrected chi connectivity index (χ4v) is 1.93. The van der Waals surface area contributed by atoms with Crippen molar-refractivity contribution in [2.24, 2.45) is 0 Å². The van der Waals surface area contributed by atoms with Crippen molar-refractivity contribution in [2.75, 3.05) is 0 Å². The maximum atomic E-state index is 5.97. The summed E-state index contributed by atoms with van der Waals surface area (Å²) in [4.78, 5) is 8.07. The zero-order valence-corrected chi connectivity index (χ0v) is 9.45. The lowest BCUT2D eigenvalue weighted by Gasteiger charge is -2.11. The number of rotatable bonds is 2. The minimum absolute atomic E-state index is 0.228. The van der Waals surface area contributed by atoms with Crippen LogP contribution < -0.4 is 0 Å². The second-order valence-corrected chi connectivity index (χ2v) is 3.85. The SMILES string of the molecule is CCc1nc(Cl)nc(Cl)c1C(C)C. The number of hydrogen-bond acceptors (Lipinski definition) is 2. The molecule has 0 N–H and O–H groups in total. The van der Waals surface area contributed by atoms with Gasteiger partial charge in [-0.2, -0.15) is 0 Å². The van der Waals surface area contributed by atoms with E-state index in [2.05, 4.69) is 23.8 Å². The molecule has 0 aromatic carbocycles. The van der Waals surface area contributed by atoms with Gasteiger partial charge in [0, 0.05) is 5.56 Å². The summed E-state index contributed by atoms with van der Waals surface area (Å²) in [6.07, 6.45) is 0.829. The predicted octanol–water partition coefficient (Wildman–Crippen LogP) is 3.47. The lowest BCUT2D eigenvalue weighted by molar-refractivity contribution is 0.810. The highest BCUT2D eigenvalue weighted by Gasteiger charge is 2.13. The molecule has 0 amide bonds. The quantitative estimate of drug-likeness (QED) is 0.562. The first-order chi connectivity index (χ1) is 6.06. The van der Waals surface area contributed by atoms with Gasteiger partial charge in [-0.15, -0.1) is 0 Å². The van der Waals surface area contributed by atoms with Crippen LogP contribution in [0.4, 0.5) is 0 Å². The summed E-state index contributed by atoms with van der Waals surface area (Å²) in [6.45, 7) is 6.16. The Hall–Kier alpha value is -0.340. The summed E-state index contributed by atoms with van der Waals surface area (Å²) < 4.78 is 0. The van der Waals surface area contributed by atoms with Gasteiger partial charge in [-0.3, -0.25) is 0 Å². The third-order valence-electron chi connectivity index (χ3n) is 1.86. The van der Waals surface area contributed by atoms with Crippen LogP contribution >= 0.6 is 23.2 Å². The number of aryl methyl sites for hydroxylation is 1. The van der Waals surface area contributed by atoms with Gasteiger partial charge in [-0.1, -0.05) is 32.4 Å². The summed E-state index contributed by atoms with van der Waals surface area (Å²) in [5, 5.41) is 0.707. The molecular weight excluding hydrogens is 207 g/mol. The fourth-order valence-electron chi connectivity index (χ4n) is 1.30. The molecule has 0 spiro atoms. The van der Waals surface area contributed by atoms with E-state index in [4.69, 9.17) is 23.2 Å². The van der Waals surface area contributed by atoms with E-state index in [1.807, 2.05) is 6.92 Å². The van der Waals surface area contributed by atoms with Crippen molar-refractivity contribution < 1.29 is 0 Å². The van der Waals surface area contributed by atoms with E-state index >= 15 is 0 Å². The molecule has 4 heteroatoms. The molecule has 0 saturated carbocycles. The van der Waals surface area contributed by atoms with Gasteiger partial charge < -0.3 is 0 Å². The summed E-state index contributed by atoms with van der Waals surface area (Å²) in [6, 6.07) is 0. The Kier molecular flexibility index (Phi) is 3.51. The van der Waals surface area contributed by atoms with Gasteiger partial charge >= 0.3 is 0 Å². The van der Waals surface area contributed by atoms with E-state index in [0.717, 1.165) is 17.7 Å². The van der Waals surface area contributed by atoms with Crippen molar-refractivity contribution in [3.63, 3.8) is 0 Å². The molecule has 0 atom stereocenters. The Morgan fingerprint density at radius 1 is 1.23 bits per heavy atom. The van der Waals surface area contributed by atoms with Gasteiger partial charge in [0.1, 0.15) is 5.15 Å². The average molecular weight is 219 g/mol. The maximum absolute atomic E-state index is 5.97. The van der Waals surface area contributed by atoms with E-state index in [1.54, 1.807) is 0 Å². The molecule has 0 bridgehead atoms. The van der Waals surface area contributed by atoms with Crippen molar-refractivity contribution in [1.82, 2.24) is 9.97 Å². The summed E-state index contributed by atoms with van der Waals surface area (Å²) >= 11 is 11.7. The van der Waals surface area contributed by atoms with E-state index < -0.39 is 0 Å². The molecule has 2 nitrogen and oxygen atoms in total. The van der Waals surface area contributed by atoms with Gasteiger partial charge in [0.25, 0.3) is 0 Å². The second-order valence-electron chi connectivity index (χ2n) is 3.15. The molecule has 0 fully saturated rings. The number of hydrogen-bond donors (Lipinski definition) is 0. The van der Waals surface area contributed by atoms with Crippen molar-refractivity contribution >= 4 is 23.2 Å². The highest BCUT2D eigenvalue weighted by Crippen LogP contribution is 2.26. The molecule has 0 aliphatic carbocycles. The van der Waals surface area contributed by atoms with Gasteiger partial charge in [0.2, 0.25) is 5.28 Å². The van der Waals surface area contributed by atoms with Crippen LogP contribution in [0.3, 0.4) is 0 Å². The average Bonchev–Trinajstić information content (AvgIpc) is 2.01. The number of halogens is 2. The minimum atomic E-state index is 0.228. The van der Waals surface area contributed by atoms with Crippen LogP contribution in [0, 0.1) is 0 Å². The molecule has 0 radical (unpaired) electrons. The molecular formula is C9H12Cl2N2. The van der Waals surface area contributed by atoms with Crippen molar-refractivity contribution in [3.8, 4) is 0 Å². The Morgan fingerprint density at radius 3 is 2.31 bits per heavy atom. The third-order valence-corrected chi connectivity index (χ3v) is 2.32. The fraction of sp³-hybridized carbons (Fsp3) is 0.556. The number of nitrogens with zero attached hydrogens (tertiary/aromatic N) is 2. The monoisotopic (exact) mass is 218 g/mol.